The van der Waals surface area contributed by atoms with Gasteiger partial charge in [0.25, 0.3) is 0 Å². The Hall–Kier alpha value is -1.59. The van der Waals surface area contributed by atoms with Crippen LogP contribution in [-0.2, 0) is 23.9 Å². The Labute approximate surface area is 227 Å². The number of esters is 2. The van der Waals surface area contributed by atoms with Gasteiger partial charge in [-0.2, -0.15) is 0 Å². The largest absolute Gasteiger partial charge is 0.478 e. The minimum Gasteiger partial charge on any atom is -0.478 e. The van der Waals surface area contributed by atoms with Crippen LogP contribution in [0.1, 0.15) is 168 Å². The molecule has 0 rings (SSSR count). The first-order valence-corrected chi connectivity index (χ1v) is 15.5. The average molecular weight is 527 g/mol. The molecule has 0 saturated carbocycles. The van der Waals surface area contributed by atoms with Crippen LogP contribution in [0.25, 0.3) is 0 Å². The summed E-state index contributed by atoms with van der Waals surface area (Å²) >= 11 is 0. The second-order valence-electron chi connectivity index (χ2n) is 10.7. The fourth-order valence-electron chi connectivity index (χ4n) is 4.66. The lowest BCUT2D eigenvalue weighted by Gasteiger charge is -2.29. The van der Waals surface area contributed by atoms with Crippen LogP contribution in [0.2, 0.25) is 0 Å². The lowest BCUT2D eigenvalue weighted by Crippen LogP contribution is -2.43. The van der Waals surface area contributed by atoms with Crippen molar-refractivity contribution in [3.05, 3.63) is 0 Å². The van der Waals surface area contributed by atoms with Gasteiger partial charge < -0.3 is 14.6 Å². The van der Waals surface area contributed by atoms with Crippen LogP contribution < -0.4 is 0 Å². The number of carboxylic acids is 1. The van der Waals surface area contributed by atoms with Crippen molar-refractivity contribution in [3.63, 3.8) is 0 Å². The average Bonchev–Trinajstić information content (AvgIpc) is 2.87. The molecular formula is C31H58O6. The second kappa shape index (κ2) is 24.7. The molecule has 0 heterocycles. The molecule has 1 atom stereocenters. The van der Waals surface area contributed by atoms with Crippen molar-refractivity contribution >= 4 is 17.9 Å². The number of rotatable bonds is 27. The van der Waals surface area contributed by atoms with E-state index in [1.807, 2.05) is 0 Å². The van der Waals surface area contributed by atoms with E-state index in [2.05, 4.69) is 20.8 Å². The van der Waals surface area contributed by atoms with Crippen LogP contribution in [0.4, 0.5) is 0 Å². The third kappa shape index (κ3) is 20.1. The molecule has 0 aliphatic carbocycles. The minimum absolute atomic E-state index is 0.161. The molecule has 6 heteroatoms. The Bertz CT molecular complexity index is 576. The topological polar surface area (TPSA) is 89.9 Å². The maximum atomic E-state index is 12.6. The van der Waals surface area contributed by atoms with E-state index >= 15 is 0 Å². The molecule has 6 nitrogen and oxygen atoms in total. The quantitative estimate of drug-likeness (QED) is 0.0848. The van der Waals surface area contributed by atoms with E-state index in [0.29, 0.717) is 25.7 Å². The van der Waals surface area contributed by atoms with Gasteiger partial charge in [0.15, 0.2) is 0 Å². The highest BCUT2D eigenvalue weighted by molar-refractivity contribution is 5.82. The summed E-state index contributed by atoms with van der Waals surface area (Å²) in [4.78, 5) is 37.0. The number of unbranched alkanes of at least 4 members (excludes halogenated alkanes) is 15. The zero-order valence-corrected chi connectivity index (χ0v) is 24.5. The molecule has 37 heavy (non-hydrogen) atoms. The minimum atomic E-state index is -1.53. The standard InChI is InChI=1S/C31H58O6/c1-4-7-10-13-15-17-20-24-29(33)37-31(30(34)35,25-21-18-14-11-8-5-2)26-22-27-36-28(32)23-19-16-12-9-6-3/h4-27H2,1-3H3,(H,34,35). The molecule has 0 aromatic carbocycles. The molecule has 0 aromatic rings. The van der Waals surface area contributed by atoms with E-state index in [1.54, 1.807) is 0 Å². The summed E-state index contributed by atoms with van der Waals surface area (Å²) in [6, 6.07) is 0. The zero-order valence-electron chi connectivity index (χ0n) is 24.5. The second-order valence-corrected chi connectivity index (χ2v) is 10.7. The molecular weight excluding hydrogens is 468 g/mol. The predicted octanol–water partition coefficient (Wildman–Crippen LogP) is 8.93. The van der Waals surface area contributed by atoms with Crippen molar-refractivity contribution in [2.75, 3.05) is 6.61 Å². The first-order chi connectivity index (χ1) is 17.9. The van der Waals surface area contributed by atoms with Crippen LogP contribution in [0.3, 0.4) is 0 Å². The van der Waals surface area contributed by atoms with Crippen LogP contribution in [-0.4, -0.2) is 35.2 Å². The van der Waals surface area contributed by atoms with E-state index in [9.17, 15) is 19.5 Å². The molecule has 0 aliphatic rings. The number of carboxylic acid groups (broad SMARTS) is 1. The van der Waals surface area contributed by atoms with Crippen LogP contribution >= 0.6 is 0 Å². The summed E-state index contributed by atoms with van der Waals surface area (Å²) in [6.45, 7) is 6.67. The summed E-state index contributed by atoms with van der Waals surface area (Å²) in [6.07, 6.45) is 20.7. The third-order valence-corrected chi connectivity index (χ3v) is 7.09. The molecule has 0 amide bonds. The highest BCUT2D eigenvalue weighted by Gasteiger charge is 2.41. The van der Waals surface area contributed by atoms with E-state index < -0.39 is 17.5 Å². The summed E-state index contributed by atoms with van der Waals surface area (Å²) < 4.78 is 11.0. The predicted molar refractivity (Wildman–Crippen MR) is 151 cm³/mol. The van der Waals surface area contributed by atoms with Gasteiger partial charge in [0, 0.05) is 19.3 Å². The maximum Gasteiger partial charge on any atom is 0.348 e. The van der Waals surface area contributed by atoms with Crippen molar-refractivity contribution in [3.8, 4) is 0 Å². The summed E-state index contributed by atoms with van der Waals surface area (Å²) in [7, 11) is 0. The van der Waals surface area contributed by atoms with Crippen molar-refractivity contribution in [1.82, 2.24) is 0 Å². The molecule has 0 radical (unpaired) electrons. The molecule has 0 spiro atoms. The molecule has 218 valence electrons. The molecule has 1 N–H and O–H groups in total. The number of carbonyl (C=O) groups excluding carboxylic acids is 2. The Kier molecular flexibility index (Phi) is 23.7. The van der Waals surface area contributed by atoms with E-state index in [1.165, 1.54) is 38.5 Å². The first-order valence-electron chi connectivity index (χ1n) is 15.5. The number of hydrogen-bond donors (Lipinski definition) is 1. The monoisotopic (exact) mass is 526 g/mol. The van der Waals surface area contributed by atoms with Gasteiger partial charge in [-0.05, 0) is 32.1 Å². The lowest BCUT2D eigenvalue weighted by molar-refractivity contribution is -0.181. The molecule has 0 aromatic heterocycles. The molecule has 0 bridgehead atoms. The molecule has 0 saturated heterocycles. The van der Waals surface area contributed by atoms with Crippen molar-refractivity contribution in [2.24, 2.45) is 0 Å². The van der Waals surface area contributed by atoms with Gasteiger partial charge in [-0.15, -0.1) is 0 Å². The molecule has 0 aliphatic heterocycles. The normalized spacial score (nSPS) is 12.7. The van der Waals surface area contributed by atoms with Gasteiger partial charge >= 0.3 is 17.9 Å². The number of hydrogen-bond acceptors (Lipinski definition) is 5. The Balaban J connectivity index is 4.70. The summed E-state index contributed by atoms with van der Waals surface area (Å²) in [5.41, 5.74) is -1.53. The van der Waals surface area contributed by atoms with E-state index in [0.717, 1.165) is 70.6 Å². The van der Waals surface area contributed by atoms with Gasteiger partial charge in [0.2, 0.25) is 5.60 Å². The number of carbonyl (C=O) groups is 3. The van der Waals surface area contributed by atoms with Gasteiger partial charge in [-0.3, -0.25) is 9.59 Å². The van der Waals surface area contributed by atoms with Crippen LogP contribution in [0.15, 0.2) is 0 Å². The highest BCUT2D eigenvalue weighted by atomic mass is 16.6. The third-order valence-electron chi connectivity index (χ3n) is 7.09. The van der Waals surface area contributed by atoms with Crippen LogP contribution in [0, 0.1) is 0 Å². The van der Waals surface area contributed by atoms with E-state index in [-0.39, 0.29) is 25.4 Å². The van der Waals surface area contributed by atoms with E-state index in [4.69, 9.17) is 9.47 Å². The van der Waals surface area contributed by atoms with Crippen LogP contribution in [0.5, 0.6) is 0 Å². The zero-order chi connectivity index (χ0) is 27.6. The van der Waals surface area contributed by atoms with Crippen molar-refractivity contribution in [2.45, 2.75) is 174 Å². The summed E-state index contributed by atoms with van der Waals surface area (Å²) in [5, 5.41) is 10.1. The maximum absolute atomic E-state index is 12.6. The lowest BCUT2D eigenvalue weighted by atomic mass is 9.90. The Morgan fingerprint density at radius 3 is 1.43 bits per heavy atom. The number of ether oxygens (including phenoxy) is 2. The fourth-order valence-corrected chi connectivity index (χ4v) is 4.66. The fraction of sp³-hybridized carbons (Fsp3) is 0.903. The number of aliphatic carboxylic acids is 1. The van der Waals surface area contributed by atoms with Gasteiger partial charge in [-0.1, -0.05) is 117 Å². The van der Waals surface area contributed by atoms with Gasteiger partial charge in [0.05, 0.1) is 6.61 Å². The molecule has 0 fully saturated rings. The SMILES string of the molecule is CCCCCCCCCC(=O)OC(CCCCCCCC)(CCCOC(=O)CCCCCCC)C(=O)O. The summed E-state index contributed by atoms with van der Waals surface area (Å²) in [5.74, 6) is -1.74. The highest BCUT2D eigenvalue weighted by Crippen LogP contribution is 2.28. The first kappa shape index (κ1) is 35.4. The van der Waals surface area contributed by atoms with Crippen molar-refractivity contribution < 1.29 is 29.0 Å². The Morgan fingerprint density at radius 1 is 0.541 bits per heavy atom. The van der Waals surface area contributed by atoms with Gasteiger partial charge in [0.1, 0.15) is 0 Å². The Morgan fingerprint density at radius 2 is 0.946 bits per heavy atom. The van der Waals surface area contributed by atoms with Gasteiger partial charge in [-0.25, -0.2) is 4.79 Å². The smallest absolute Gasteiger partial charge is 0.348 e. The van der Waals surface area contributed by atoms with Crippen molar-refractivity contribution in [1.29, 1.82) is 0 Å². The molecule has 1 unspecified atom stereocenters.